The highest BCUT2D eigenvalue weighted by Crippen LogP contribution is 2.18. The predicted molar refractivity (Wildman–Crippen MR) is 37.2 cm³/mol. The topological polar surface area (TPSA) is 17.1 Å². The fourth-order valence-electron chi connectivity index (χ4n) is 1.04. The molecule has 1 rings (SSSR count). The van der Waals surface area contributed by atoms with Gasteiger partial charge in [-0.2, -0.15) is 0 Å². The van der Waals surface area contributed by atoms with Gasteiger partial charge in [-0.3, -0.25) is 4.79 Å². The maximum Gasteiger partial charge on any atom is 0.158 e. The van der Waals surface area contributed by atoms with Crippen LogP contribution in [0, 0.1) is 5.92 Å². The van der Waals surface area contributed by atoms with Crippen molar-refractivity contribution in [2.75, 3.05) is 0 Å². The highest BCUT2D eigenvalue weighted by molar-refractivity contribution is 5.92. The Kier molecular flexibility index (Phi) is 1.70. The fraction of sp³-hybridized carbons (Fsp3) is 0.625. The SMILES string of the molecule is CC1=CC(=O)C(C)CC1. The van der Waals surface area contributed by atoms with E-state index in [-0.39, 0.29) is 5.92 Å². The Hall–Kier alpha value is -0.590. The van der Waals surface area contributed by atoms with Crippen molar-refractivity contribution in [3.05, 3.63) is 11.6 Å². The van der Waals surface area contributed by atoms with Crippen molar-refractivity contribution in [1.29, 1.82) is 0 Å². The van der Waals surface area contributed by atoms with E-state index in [1.807, 2.05) is 13.8 Å². The number of carbonyl (C=O) groups excluding carboxylic acids is 1. The Bertz CT molecular complexity index is 156. The predicted octanol–water partition coefficient (Wildman–Crippen LogP) is 1.93. The van der Waals surface area contributed by atoms with E-state index >= 15 is 0 Å². The summed E-state index contributed by atoms with van der Waals surface area (Å²) < 4.78 is 0. The second-order valence-corrected chi connectivity index (χ2v) is 2.83. The summed E-state index contributed by atoms with van der Waals surface area (Å²) in [5.74, 6) is 0.576. The molecule has 50 valence electrons. The van der Waals surface area contributed by atoms with Crippen LogP contribution in [-0.4, -0.2) is 5.78 Å². The second-order valence-electron chi connectivity index (χ2n) is 2.83. The van der Waals surface area contributed by atoms with Gasteiger partial charge < -0.3 is 0 Å². The molecule has 0 bridgehead atoms. The molecular weight excluding hydrogens is 112 g/mol. The summed E-state index contributed by atoms with van der Waals surface area (Å²) in [7, 11) is 0. The van der Waals surface area contributed by atoms with E-state index in [2.05, 4.69) is 0 Å². The Morgan fingerprint density at radius 3 is 2.78 bits per heavy atom. The minimum absolute atomic E-state index is 0.272. The van der Waals surface area contributed by atoms with E-state index in [1.54, 1.807) is 6.08 Å². The second kappa shape index (κ2) is 2.34. The highest BCUT2D eigenvalue weighted by atomic mass is 16.1. The Labute approximate surface area is 55.8 Å². The first-order valence-corrected chi connectivity index (χ1v) is 3.41. The molecule has 1 heteroatoms. The van der Waals surface area contributed by atoms with E-state index in [0.29, 0.717) is 5.78 Å². The molecule has 0 amide bonds. The van der Waals surface area contributed by atoms with Gasteiger partial charge in [-0.15, -0.1) is 0 Å². The summed E-state index contributed by atoms with van der Waals surface area (Å²) in [6.07, 6.45) is 3.92. The van der Waals surface area contributed by atoms with Gasteiger partial charge in [-0.25, -0.2) is 0 Å². The summed E-state index contributed by atoms with van der Waals surface area (Å²) in [4.78, 5) is 10.9. The van der Waals surface area contributed by atoms with E-state index in [0.717, 1.165) is 12.8 Å². The smallest absolute Gasteiger partial charge is 0.158 e. The van der Waals surface area contributed by atoms with Crippen molar-refractivity contribution in [2.24, 2.45) is 5.92 Å². The van der Waals surface area contributed by atoms with Gasteiger partial charge in [0.15, 0.2) is 5.78 Å². The van der Waals surface area contributed by atoms with Crippen LogP contribution < -0.4 is 0 Å². The van der Waals surface area contributed by atoms with E-state index in [1.165, 1.54) is 5.57 Å². The van der Waals surface area contributed by atoms with Crippen LogP contribution in [0.2, 0.25) is 0 Å². The first kappa shape index (κ1) is 6.53. The molecule has 0 N–H and O–H groups in total. The molecule has 0 aromatic heterocycles. The maximum atomic E-state index is 10.9. The lowest BCUT2D eigenvalue weighted by atomic mass is 9.91. The molecule has 0 fully saturated rings. The molecule has 1 atom stereocenters. The first-order valence-electron chi connectivity index (χ1n) is 3.41. The van der Waals surface area contributed by atoms with Crippen molar-refractivity contribution in [3.63, 3.8) is 0 Å². The van der Waals surface area contributed by atoms with Crippen LogP contribution >= 0.6 is 0 Å². The number of hydrogen-bond acceptors (Lipinski definition) is 1. The lowest BCUT2D eigenvalue weighted by molar-refractivity contribution is -0.118. The van der Waals surface area contributed by atoms with Gasteiger partial charge in [0.1, 0.15) is 0 Å². The average molecular weight is 124 g/mol. The van der Waals surface area contributed by atoms with Crippen molar-refractivity contribution >= 4 is 5.78 Å². The molecule has 1 aliphatic carbocycles. The molecule has 0 aromatic rings. The van der Waals surface area contributed by atoms with Crippen LogP contribution in [0.4, 0.5) is 0 Å². The van der Waals surface area contributed by atoms with Crippen LogP contribution in [0.1, 0.15) is 26.7 Å². The van der Waals surface area contributed by atoms with E-state index in [4.69, 9.17) is 0 Å². The third-order valence-electron chi connectivity index (χ3n) is 1.85. The maximum absolute atomic E-state index is 10.9. The standard InChI is InChI=1S/C8H12O/c1-6-3-4-7(2)8(9)5-6/h5,7H,3-4H2,1-2H3. The van der Waals surface area contributed by atoms with Gasteiger partial charge in [0.2, 0.25) is 0 Å². The zero-order chi connectivity index (χ0) is 6.85. The summed E-state index contributed by atoms with van der Waals surface area (Å²) in [5, 5.41) is 0. The summed E-state index contributed by atoms with van der Waals surface area (Å²) in [5.41, 5.74) is 1.23. The lowest BCUT2D eigenvalue weighted by Gasteiger charge is -2.13. The molecule has 1 unspecified atom stereocenters. The molecule has 0 radical (unpaired) electrons. The van der Waals surface area contributed by atoms with Crippen molar-refractivity contribution < 1.29 is 4.79 Å². The fourth-order valence-corrected chi connectivity index (χ4v) is 1.04. The quantitative estimate of drug-likeness (QED) is 0.482. The minimum atomic E-state index is 0.272. The minimum Gasteiger partial charge on any atom is -0.295 e. The molecule has 0 saturated heterocycles. The van der Waals surface area contributed by atoms with Gasteiger partial charge in [-0.1, -0.05) is 12.5 Å². The van der Waals surface area contributed by atoms with Gasteiger partial charge in [0.25, 0.3) is 0 Å². The van der Waals surface area contributed by atoms with Gasteiger partial charge in [0.05, 0.1) is 0 Å². The zero-order valence-corrected chi connectivity index (χ0v) is 5.98. The van der Waals surface area contributed by atoms with Gasteiger partial charge >= 0.3 is 0 Å². The molecule has 1 aliphatic rings. The number of carbonyl (C=O) groups is 1. The molecule has 0 spiro atoms. The number of allylic oxidation sites excluding steroid dienone is 2. The number of hydrogen-bond donors (Lipinski definition) is 0. The Morgan fingerprint density at radius 1 is 1.67 bits per heavy atom. The van der Waals surface area contributed by atoms with E-state index in [9.17, 15) is 4.79 Å². The van der Waals surface area contributed by atoms with Crippen molar-refractivity contribution in [2.45, 2.75) is 26.7 Å². The van der Waals surface area contributed by atoms with Crippen LogP contribution in [0.3, 0.4) is 0 Å². The molecule has 0 heterocycles. The highest BCUT2D eigenvalue weighted by Gasteiger charge is 2.14. The first-order chi connectivity index (χ1) is 4.20. The summed E-state index contributed by atoms with van der Waals surface area (Å²) in [6, 6.07) is 0. The van der Waals surface area contributed by atoms with Crippen LogP contribution in [0.5, 0.6) is 0 Å². The molecule has 0 aromatic carbocycles. The molecular formula is C8H12O. The van der Waals surface area contributed by atoms with E-state index < -0.39 is 0 Å². The molecule has 0 aliphatic heterocycles. The van der Waals surface area contributed by atoms with Crippen LogP contribution in [0.15, 0.2) is 11.6 Å². The van der Waals surface area contributed by atoms with Crippen LogP contribution in [0.25, 0.3) is 0 Å². The average Bonchev–Trinajstić information content (AvgIpc) is 1.80. The van der Waals surface area contributed by atoms with Gasteiger partial charge in [0, 0.05) is 5.92 Å². The molecule has 0 saturated carbocycles. The molecule has 1 nitrogen and oxygen atoms in total. The molecule has 9 heavy (non-hydrogen) atoms. The van der Waals surface area contributed by atoms with Gasteiger partial charge in [-0.05, 0) is 25.8 Å². The van der Waals surface area contributed by atoms with Crippen molar-refractivity contribution in [1.82, 2.24) is 0 Å². The largest absolute Gasteiger partial charge is 0.295 e. The third kappa shape index (κ3) is 1.41. The van der Waals surface area contributed by atoms with Crippen molar-refractivity contribution in [3.8, 4) is 0 Å². The Morgan fingerprint density at radius 2 is 2.33 bits per heavy atom. The summed E-state index contributed by atoms with van der Waals surface area (Å²) in [6.45, 7) is 4.01. The zero-order valence-electron chi connectivity index (χ0n) is 5.98. The summed E-state index contributed by atoms with van der Waals surface area (Å²) >= 11 is 0. The monoisotopic (exact) mass is 124 g/mol. The number of ketones is 1. The normalized spacial score (nSPS) is 28.0. The Balaban J connectivity index is 2.70. The number of rotatable bonds is 0. The lowest BCUT2D eigenvalue weighted by Crippen LogP contribution is -2.12. The third-order valence-corrected chi connectivity index (χ3v) is 1.85. The van der Waals surface area contributed by atoms with Crippen LogP contribution in [-0.2, 0) is 4.79 Å².